The lowest BCUT2D eigenvalue weighted by molar-refractivity contribution is -0.133. The molecule has 1 N–H and O–H groups in total. The smallest absolute Gasteiger partial charge is 0.228 e. The summed E-state index contributed by atoms with van der Waals surface area (Å²) in [7, 11) is 0. The first-order valence-corrected chi connectivity index (χ1v) is 9.09. The lowest BCUT2D eigenvalue weighted by Gasteiger charge is -2.33. The number of amides is 1. The minimum absolute atomic E-state index is 0. The van der Waals surface area contributed by atoms with Crippen LogP contribution in [0.5, 0.6) is 0 Å². The van der Waals surface area contributed by atoms with Crippen LogP contribution in [0, 0.1) is 0 Å². The highest BCUT2D eigenvalue weighted by Crippen LogP contribution is 2.24. The zero-order chi connectivity index (χ0) is 16.2. The van der Waals surface area contributed by atoms with E-state index in [1.165, 1.54) is 5.56 Å². The first-order chi connectivity index (χ1) is 11.2. The van der Waals surface area contributed by atoms with Gasteiger partial charge in [0.2, 0.25) is 5.91 Å². The van der Waals surface area contributed by atoms with Crippen LogP contribution in [0.1, 0.15) is 25.1 Å². The number of piperazine rings is 1. The number of carbonyl (C=O) groups is 1. The lowest BCUT2D eigenvalue weighted by Crippen LogP contribution is -2.52. The molecule has 0 spiro atoms. The number of nitrogens with zero attached hydrogens (tertiary/aromatic N) is 2. The largest absolute Gasteiger partial charge is 0.337 e. The van der Waals surface area contributed by atoms with Gasteiger partial charge < -0.3 is 10.2 Å². The third-order valence-corrected chi connectivity index (χ3v) is 5.26. The first-order valence-electron chi connectivity index (χ1n) is 8.21. The lowest BCUT2D eigenvalue weighted by atomic mass is 10.1. The number of halogens is 1. The number of aromatic nitrogens is 1. The maximum absolute atomic E-state index is 12.5. The standard InChI is InChI=1S/C18H23N3OS.ClH/c1-3-14-4-6-15(7-5-14)18-20-16(12-23-18)10-17(22)21-9-8-19-11-13(21)2;/h4-7,12-13,19H,3,8-11H2,1-2H3;1H/t13-;/m1./s1. The molecule has 1 aromatic carbocycles. The van der Waals surface area contributed by atoms with E-state index in [1.54, 1.807) is 11.3 Å². The van der Waals surface area contributed by atoms with Crippen LogP contribution >= 0.6 is 23.7 Å². The molecule has 4 nitrogen and oxygen atoms in total. The van der Waals surface area contributed by atoms with Crippen LogP contribution in [0.3, 0.4) is 0 Å². The predicted molar refractivity (Wildman–Crippen MR) is 102 cm³/mol. The Morgan fingerprint density at radius 3 is 2.79 bits per heavy atom. The Hall–Kier alpha value is -1.43. The Kier molecular flexibility index (Phi) is 6.78. The monoisotopic (exact) mass is 365 g/mol. The van der Waals surface area contributed by atoms with E-state index in [4.69, 9.17) is 0 Å². The number of carbonyl (C=O) groups excluding carboxylic acids is 1. The van der Waals surface area contributed by atoms with Crippen LogP contribution < -0.4 is 5.32 Å². The van der Waals surface area contributed by atoms with Gasteiger partial charge in [0.1, 0.15) is 5.01 Å². The molecular weight excluding hydrogens is 342 g/mol. The highest BCUT2D eigenvalue weighted by molar-refractivity contribution is 7.13. The highest BCUT2D eigenvalue weighted by atomic mass is 35.5. The van der Waals surface area contributed by atoms with Gasteiger partial charge in [-0.2, -0.15) is 0 Å². The molecule has 0 saturated carbocycles. The number of thiazole rings is 1. The highest BCUT2D eigenvalue weighted by Gasteiger charge is 2.23. The minimum Gasteiger partial charge on any atom is -0.337 e. The van der Waals surface area contributed by atoms with E-state index in [9.17, 15) is 4.79 Å². The van der Waals surface area contributed by atoms with Gasteiger partial charge in [0.05, 0.1) is 12.1 Å². The number of hydrogen-bond acceptors (Lipinski definition) is 4. The van der Waals surface area contributed by atoms with Crippen molar-refractivity contribution in [2.24, 2.45) is 0 Å². The van der Waals surface area contributed by atoms with E-state index in [2.05, 4.69) is 48.4 Å². The number of benzene rings is 1. The summed E-state index contributed by atoms with van der Waals surface area (Å²) in [5, 5.41) is 6.31. The van der Waals surface area contributed by atoms with Crippen molar-refractivity contribution in [1.29, 1.82) is 0 Å². The average molecular weight is 366 g/mol. The molecule has 1 fully saturated rings. The molecular formula is C18H24ClN3OS. The Morgan fingerprint density at radius 1 is 1.38 bits per heavy atom. The van der Waals surface area contributed by atoms with Gasteiger partial charge >= 0.3 is 0 Å². The first kappa shape index (κ1) is 18.9. The van der Waals surface area contributed by atoms with E-state index in [0.717, 1.165) is 42.3 Å². The van der Waals surface area contributed by atoms with Gasteiger partial charge in [-0.05, 0) is 18.9 Å². The molecule has 2 aromatic rings. The Morgan fingerprint density at radius 2 is 2.12 bits per heavy atom. The summed E-state index contributed by atoms with van der Waals surface area (Å²) in [6.07, 6.45) is 1.44. The Bertz CT molecular complexity index is 671. The maximum Gasteiger partial charge on any atom is 0.228 e. The summed E-state index contributed by atoms with van der Waals surface area (Å²) in [6, 6.07) is 8.77. The van der Waals surface area contributed by atoms with Crippen molar-refractivity contribution in [3.8, 4) is 10.6 Å². The molecule has 1 atom stereocenters. The van der Waals surface area contributed by atoms with Gasteiger partial charge in [-0.15, -0.1) is 23.7 Å². The molecule has 6 heteroatoms. The predicted octanol–water partition coefficient (Wildman–Crippen LogP) is 3.16. The van der Waals surface area contributed by atoms with Gasteiger partial charge in [0.25, 0.3) is 0 Å². The molecule has 0 radical (unpaired) electrons. The van der Waals surface area contributed by atoms with Crippen molar-refractivity contribution in [1.82, 2.24) is 15.2 Å². The third-order valence-electron chi connectivity index (χ3n) is 4.31. The zero-order valence-electron chi connectivity index (χ0n) is 14.1. The summed E-state index contributed by atoms with van der Waals surface area (Å²) >= 11 is 1.61. The minimum atomic E-state index is 0. The van der Waals surface area contributed by atoms with Gasteiger partial charge in [-0.1, -0.05) is 31.2 Å². The maximum atomic E-state index is 12.5. The van der Waals surface area contributed by atoms with Crippen molar-refractivity contribution in [3.05, 3.63) is 40.9 Å². The van der Waals surface area contributed by atoms with Crippen LogP contribution in [0.15, 0.2) is 29.6 Å². The molecule has 0 unspecified atom stereocenters. The molecule has 1 aliphatic rings. The molecule has 0 bridgehead atoms. The fourth-order valence-corrected chi connectivity index (χ4v) is 3.70. The molecule has 1 aromatic heterocycles. The molecule has 0 aliphatic carbocycles. The van der Waals surface area contributed by atoms with E-state index < -0.39 is 0 Å². The van der Waals surface area contributed by atoms with Crippen molar-refractivity contribution in [2.45, 2.75) is 32.7 Å². The molecule has 1 saturated heterocycles. The summed E-state index contributed by atoms with van der Waals surface area (Å²) in [5.41, 5.74) is 3.33. The number of rotatable bonds is 4. The van der Waals surface area contributed by atoms with E-state index in [0.29, 0.717) is 6.42 Å². The number of aryl methyl sites for hydroxylation is 1. The zero-order valence-corrected chi connectivity index (χ0v) is 15.8. The van der Waals surface area contributed by atoms with Crippen molar-refractivity contribution in [3.63, 3.8) is 0 Å². The second kappa shape index (κ2) is 8.60. The quantitative estimate of drug-likeness (QED) is 0.905. The molecule has 3 rings (SSSR count). The molecule has 130 valence electrons. The summed E-state index contributed by atoms with van der Waals surface area (Å²) in [4.78, 5) is 19.1. The average Bonchev–Trinajstić information content (AvgIpc) is 3.03. The Balaban J connectivity index is 0.00000208. The second-order valence-electron chi connectivity index (χ2n) is 6.01. The summed E-state index contributed by atoms with van der Waals surface area (Å²) < 4.78 is 0. The van der Waals surface area contributed by atoms with Crippen LogP contribution in [-0.2, 0) is 17.6 Å². The van der Waals surface area contributed by atoms with Gasteiger partial charge in [0.15, 0.2) is 0 Å². The van der Waals surface area contributed by atoms with Crippen LogP contribution in [0.2, 0.25) is 0 Å². The van der Waals surface area contributed by atoms with Gasteiger partial charge in [0, 0.05) is 36.6 Å². The molecule has 1 amide bonds. The fourth-order valence-electron chi connectivity index (χ4n) is 2.87. The SMILES string of the molecule is CCc1ccc(-c2nc(CC(=O)N3CCNC[C@H]3C)cs2)cc1.Cl. The molecule has 2 heterocycles. The topological polar surface area (TPSA) is 45.2 Å². The third kappa shape index (κ3) is 4.35. The van der Waals surface area contributed by atoms with Crippen molar-refractivity contribution < 1.29 is 4.79 Å². The second-order valence-corrected chi connectivity index (χ2v) is 6.87. The van der Waals surface area contributed by atoms with E-state index in [1.807, 2.05) is 10.3 Å². The van der Waals surface area contributed by atoms with E-state index in [-0.39, 0.29) is 24.4 Å². The normalized spacial score (nSPS) is 17.4. The molecule has 24 heavy (non-hydrogen) atoms. The molecule has 1 aliphatic heterocycles. The number of hydrogen-bond donors (Lipinski definition) is 1. The Labute approximate surface area is 153 Å². The van der Waals surface area contributed by atoms with Crippen molar-refractivity contribution >= 4 is 29.7 Å². The summed E-state index contributed by atoms with van der Waals surface area (Å²) in [5.74, 6) is 0.178. The van der Waals surface area contributed by atoms with Crippen LogP contribution in [-0.4, -0.2) is 41.5 Å². The van der Waals surface area contributed by atoms with Gasteiger partial charge in [-0.25, -0.2) is 4.98 Å². The van der Waals surface area contributed by atoms with E-state index >= 15 is 0 Å². The number of nitrogens with one attached hydrogen (secondary N) is 1. The fraction of sp³-hybridized carbons (Fsp3) is 0.444. The van der Waals surface area contributed by atoms with Crippen molar-refractivity contribution in [2.75, 3.05) is 19.6 Å². The van der Waals surface area contributed by atoms with Crippen LogP contribution in [0.25, 0.3) is 10.6 Å². The van der Waals surface area contributed by atoms with Crippen LogP contribution in [0.4, 0.5) is 0 Å². The van der Waals surface area contributed by atoms with Gasteiger partial charge in [-0.3, -0.25) is 4.79 Å². The summed E-state index contributed by atoms with van der Waals surface area (Å²) in [6.45, 7) is 6.78.